The maximum absolute atomic E-state index is 11.1. The summed E-state index contributed by atoms with van der Waals surface area (Å²) in [6, 6.07) is 9.29. The van der Waals surface area contributed by atoms with Crippen molar-refractivity contribution < 1.29 is 14.8 Å². The number of rotatable bonds is 5. The maximum Gasteiger partial charge on any atom is 0.308 e. The van der Waals surface area contributed by atoms with Crippen LogP contribution >= 0.6 is 0 Å². The molecule has 2 rings (SSSR count). The Labute approximate surface area is 133 Å². The van der Waals surface area contributed by atoms with Gasteiger partial charge in [-0.3, -0.25) is 30.3 Å². The highest BCUT2D eigenvalue weighted by molar-refractivity contribution is 6.00. The quantitative estimate of drug-likeness (QED) is 0.379. The molecular formula is C13H9N5O6. The molecule has 11 nitrogen and oxygen atoms in total. The summed E-state index contributed by atoms with van der Waals surface area (Å²) < 4.78 is 0. The number of non-ortho nitro benzene ring substituents is 1. The van der Waals surface area contributed by atoms with Crippen molar-refractivity contribution >= 4 is 28.6 Å². The van der Waals surface area contributed by atoms with Gasteiger partial charge in [0.1, 0.15) is 5.84 Å². The van der Waals surface area contributed by atoms with Crippen LogP contribution in [0.4, 0.5) is 22.7 Å². The molecule has 0 amide bonds. The van der Waals surface area contributed by atoms with Crippen molar-refractivity contribution in [1.82, 2.24) is 0 Å². The van der Waals surface area contributed by atoms with E-state index in [1.807, 2.05) is 0 Å². The zero-order valence-corrected chi connectivity index (χ0v) is 11.9. The van der Waals surface area contributed by atoms with Crippen LogP contribution < -0.4 is 5.73 Å². The Balaban J connectivity index is 2.74. The van der Waals surface area contributed by atoms with E-state index in [1.54, 1.807) is 30.3 Å². The van der Waals surface area contributed by atoms with E-state index in [0.29, 0.717) is 17.7 Å². The van der Waals surface area contributed by atoms with Gasteiger partial charge in [-0.05, 0) is 0 Å². The summed E-state index contributed by atoms with van der Waals surface area (Å²) in [5.41, 5.74) is 2.92. The predicted molar refractivity (Wildman–Crippen MR) is 83.2 cm³/mol. The maximum atomic E-state index is 11.1. The van der Waals surface area contributed by atoms with Crippen molar-refractivity contribution in [2.24, 2.45) is 10.7 Å². The minimum absolute atomic E-state index is 0.198. The molecule has 0 aliphatic carbocycles. The van der Waals surface area contributed by atoms with Crippen molar-refractivity contribution in [1.29, 1.82) is 0 Å². The van der Waals surface area contributed by atoms with Crippen LogP contribution in [0.15, 0.2) is 47.5 Å². The highest BCUT2D eigenvalue weighted by Crippen LogP contribution is 2.40. The zero-order chi connectivity index (χ0) is 17.9. The molecule has 0 aliphatic rings. The zero-order valence-electron chi connectivity index (χ0n) is 11.9. The fourth-order valence-electron chi connectivity index (χ4n) is 1.88. The summed E-state index contributed by atoms with van der Waals surface area (Å²) in [7, 11) is 0. The molecule has 0 fully saturated rings. The van der Waals surface area contributed by atoms with Crippen LogP contribution in [0.25, 0.3) is 0 Å². The number of hydrogen-bond donors (Lipinski definition) is 1. The molecule has 11 heteroatoms. The molecule has 0 saturated heterocycles. The number of amidine groups is 1. The van der Waals surface area contributed by atoms with Gasteiger partial charge in [0.2, 0.25) is 5.69 Å². The van der Waals surface area contributed by atoms with Crippen LogP contribution in [-0.4, -0.2) is 20.6 Å². The second-order valence-electron chi connectivity index (χ2n) is 4.47. The van der Waals surface area contributed by atoms with Gasteiger partial charge >= 0.3 is 11.4 Å². The number of nitro benzene ring substituents is 3. The SMILES string of the molecule is NC(=Nc1c([N+](=O)[O-])cc([N+](=O)[O-])cc1[N+](=O)[O-])c1ccccc1. The third-order valence-corrected chi connectivity index (χ3v) is 2.96. The summed E-state index contributed by atoms with van der Waals surface area (Å²) in [6.07, 6.45) is 0. The Hall–Kier alpha value is -3.89. The van der Waals surface area contributed by atoms with Gasteiger partial charge in [0, 0.05) is 5.56 Å². The van der Waals surface area contributed by atoms with Gasteiger partial charge in [-0.2, -0.15) is 0 Å². The fourth-order valence-corrected chi connectivity index (χ4v) is 1.88. The number of nitrogens with zero attached hydrogens (tertiary/aromatic N) is 4. The first-order chi connectivity index (χ1) is 11.3. The molecule has 0 atom stereocenters. The van der Waals surface area contributed by atoms with Gasteiger partial charge in [0.25, 0.3) is 5.69 Å². The molecule has 2 aromatic rings. The molecule has 0 radical (unpaired) electrons. The highest BCUT2D eigenvalue weighted by atomic mass is 16.6. The molecule has 2 aromatic carbocycles. The van der Waals surface area contributed by atoms with Gasteiger partial charge in [0.05, 0.1) is 26.9 Å². The van der Waals surface area contributed by atoms with Gasteiger partial charge < -0.3 is 5.73 Å². The molecule has 2 N–H and O–H groups in total. The number of aliphatic imine (C=N–C) groups is 1. The van der Waals surface area contributed by atoms with Crippen molar-refractivity contribution in [3.05, 3.63) is 78.4 Å². The van der Waals surface area contributed by atoms with E-state index in [1.165, 1.54) is 0 Å². The largest absolute Gasteiger partial charge is 0.383 e. The number of nitro groups is 3. The van der Waals surface area contributed by atoms with Crippen LogP contribution in [0.2, 0.25) is 0 Å². The molecule has 0 bridgehead atoms. The third kappa shape index (κ3) is 3.30. The second kappa shape index (κ2) is 6.48. The molecular weight excluding hydrogens is 322 g/mol. The van der Waals surface area contributed by atoms with E-state index in [4.69, 9.17) is 5.73 Å². The smallest absolute Gasteiger partial charge is 0.308 e. The minimum atomic E-state index is -0.989. The highest BCUT2D eigenvalue weighted by Gasteiger charge is 2.30. The first-order valence-corrected chi connectivity index (χ1v) is 6.32. The normalized spacial score (nSPS) is 11.1. The van der Waals surface area contributed by atoms with Crippen LogP contribution in [0, 0.1) is 30.3 Å². The lowest BCUT2D eigenvalue weighted by Crippen LogP contribution is -2.13. The van der Waals surface area contributed by atoms with E-state index >= 15 is 0 Å². The van der Waals surface area contributed by atoms with E-state index in [0.717, 1.165) is 0 Å². The molecule has 0 unspecified atom stereocenters. The van der Waals surface area contributed by atoms with Gasteiger partial charge in [0.15, 0.2) is 0 Å². The Kier molecular flexibility index (Phi) is 4.45. The summed E-state index contributed by atoms with van der Waals surface area (Å²) in [4.78, 5) is 33.9. The average Bonchev–Trinajstić information content (AvgIpc) is 2.54. The third-order valence-electron chi connectivity index (χ3n) is 2.96. The lowest BCUT2D eigenvalue weighted by Gasteiger charge is -2.03. The molecule has 0 heterocycles. The van der Waals surface area contributed by atoms with Gasteiger partial charge in [-0.25, -0.2) is 4.99 Å². The fraction of sp³-hybridized carbons (Fsp3) is 0. The summed E-state index contributed by atoms with van der Waals surface area (Å²) in [6.45, 7) is 0. The van der Waals surface area contributed by atoms with Crippen molar-refractivity contribution in [2.45, 2.75) is 0 Å². The lowest BCUT2D eigenvalue weighted by atomic mass is 10.2. The van der Waals surface area contributed by atoms with Crippen LogP contribution in [0.1, 0.15) is 5.56 Å². The van der Waals surface area contributed by atoms with E-state index in [9.17, 15) is 30.3 Å². The van der Waals surface area contributed by atoms with Crippen LogP contribution in [0.3, 0.4) is 0 Å². The monoisotopic (exact) mass is 331 g/mol. The number of nitrogens with two attached hydrogens (primary N) is 1. The summed E-state index contributed by atoms with van der Waals surface area (Å²) >= 11 is 0. The molecule has 24 heavy (non-hydrogen) atoms. The second-order valence-corrected chi connectivity index (χ2v) is 4.47. The number of hydrogen-bond acceptors (Lipinski definition) is 7. The number of benzene rings is 2. The van der Waals surface area contributed by atoms with Crippen LogP contribution in [0.5, 0.6) is 0 Å². The Bertz CT molecular complexity index is 829. The molecule has 0 aromatic heterocycles. The Morgan fingerprint density at radius 2 is 1.38 bits per heavy atom. The minimum Gasteiger partial charge on any atom is -0.383 e. The van der Waals surface area contributed by atoms with E-state index in [2.05, 4.69) is 4.99 Å². The molecule has 0 spiro atoms. The average molecular weight is 331 g/mol. The topological polar surface area (TPSA) is 168 Å². The standard InChI is InChI=1S/C13H9N5O6/c14-13(8-4-2-1-3-5-8)15-12-10(17(21)22)6-9(16(19)20)7-11(12)18(23)24/h1-7H,(H2,14,15). The lowest BCUT2D eigenvalue weighted by molar-refractivity contribution is -0.402. The summed E-state index contributed by atoms with van der Waals surface area (Å²) in [5, 5.41) is 33.1. The first-order valence-electron chi connectivity index (χ1n) is 6.32. The Morgan fingerprint density at radius 3 is 1.79 bits per heavy atom. The van der Waals surface area contributed by atoms with Gasteiger partial charge in [-0.1, -0.05) is 30.3 Å². The van der Waals surface area contributed by atoms with E-state index in [-0.39, 0.29) is 5.84 Å². The molecule has 0 aliphatic heterocycles. The predicted octanol–water partition coefficient (Wildman–Crippen LogP) is 2.45. The van der Waals surface area contributed by atoms with Crippen molar-refractivity contribution in [3.63, 3.8) is 0 Å². The first kappa shape index (κ1) is 16.5. The molecule has 122 valence electrons. The van der Waals surface area contributed by atoms with Crippen molar-refractivity contribution in [3.8, 4) is 0 Å². The molecule has 0 saturated carbocycles. The van der Waals surface area contributed by atoms with E-state index < -0.39 is 37.5 Å². The van der Waals surface area contributed by atoms with Crippen molar-refractivity contribution in [2.75, 3.05) is 0 Å². The van der Waals surface area contributed by atoms with Gasteiger partial charge in [-0.15, -0.1) is 0 Å². The van der Waals surface area contributed by atoms with Crippen LogP contribution in [-0.2, 0) is 0 Å². The Morgan fingerprint density at radius 1 is 0.875 bits per heavy atom. The summed E-state index contributed by atoms with van der Waals surface area (Å²) in [5.74, 6) is -0.198.